The lowest BCUT2D eigenvalue weighted by Gasteiger charge is -2.30. The molecule has 16 heteroatoms. The molecule has 3 N–H and O–H groups in total. The van der Waals surface area contributed by atoms with Crippen LogP contribution in [0.1, 0.15) is 78.6 Å². The largest absolute Gasteiger partial charge is 0.488 e. The van der Waals surface area contributed by atoms with Gasteiger partial charge in [-0.25, -0.2) is 13.2 Å². The van der Waals surface area contributed by atoms with Crippen molar-refractivity contribution in [2.24, 2.45) is 5.92 Å². The van der Waals surface area contributed by atoms with Crippen LogP contribution in [0.2, 0.25) is 0 Å². The van der Waals surface area contributed by atoms with E-state index in [0.717, 1.165) is 12.8 Å². The molecule has 0 bridgehead atoms. The summed E-state index contributed by atoms with van der Waals surface area (Å²) in [4.78, 5) is 66.4. The van der Waals surface area contributed by atoms with Gasteiger partial charge in [-0.1, -0.05) is 25.0 Å². The molecule has 0 spiro atoms. The fourth-order valence-electron chi connectivity index (χ4n) is 6.14. The van der Waals surface area contributed by atoms with Crippen molar-refractivity contribution in [3.05, 3.63) is 46.5 Å². The number of amides is 4. The zero-order chi connectivity index (χ0) is 34.9. The summed E-state index contributed by atoms with van der Waals surface area (Å²) in [6.07, 6.45) is 6.43. The Labute approximate surface area is 279 Å². The number of ether oxygens (including phenoxy) is 2. The molecule has 5 atom stereocenters. The number of nitro benzene ring substituents is 1. The van der Waals surface area contributed by atoms with Gasteiger partial charge in [0.25, 0.3) is 11.6 Å². The highest BCUT2D eigenvalue weighted by molar-refractivity contribution is 7.91. The Balaban J connectivity index is 1.42. The number of carbonyl (C=O) groups is 4. The number of carbonyl (C=O) groups excluding carboxylic acids is 4. The molecule has 2 saturated carbocycles. The summed E-state index contributed by atoms with van der Waals surface area (Å²) in [5.74, 6) is -2.18. The Morgan fingerprint density at radius 2 is 1.79 bits per heavy atom. The van der Waals surface area contributed by atoms with Crippen molar-refractivity contribution in [1.29, 1.82) is 0 Å². The number of nitro groups is 1. The van der Waals surface area contributed by atoms with Gasteiger partial charge >= 0.3 is 6.09 Å². The minimum absolute atomic E-state index is 0.00625. The van der Waals surface area contributed by atoms with Crippen molar-refractivity contribution >= 4 is 39.5 Å². The first-order chi connectivity index (χ1) is 22.6. The summed E-state index contributed by atoms with van der Waals surface area (Å²) in [6, 6.07) is 3.24. The Morgan fingerprint density at radius 3 is 2.44 bits per heavy atom. The van der Waals surface area contributed by atoms with Crippen LogP contribution in [-0.2, 0) is 29.1 Å². The third-order valence-electron chi connectivity index (χ3n) is 8.88. The molecule has 2 aliphatic heterocycles. The molecule has 48 heavy (non-hydrogen) atoms. The molecule has 15 nitrogen and oxygen atoms in total. The first-order valence-electron chi connectivity index (χ1n) is 16.3. The average Bonchev–Trinajstić information content (AvgIpc) is 3.92. The number of hydrogen-bond donors (Lipinski definition) is 3. The number of hydrogen-bond acceptors (Lipinski definition) is 10. The highest BCUT2D eigenvalue weighted by atomic mass is 32.2. The van der Waals surface area contributed by atoms with Crippen LogP contribution in [0.15, 0.2) is 36.4 Å². The topological polar surface area (TPSA) is 203 Å². The molecule has 2 aliphatic carbocycles. The van der Waals surface area contributed by atoms with Gasteiger partial charge in [0.15, 0.2) is 0 Å². The fourth-order valence-corrected chi connectivity index (χ4v) is 7.50. The van der Waals surface area contributed by atoms with Crippen molar-refractivity contribution < 1.29 is 42.0 Å². The Bertz CT molecular complexity index is 1570. The number of nitrogens with one attached hydrogen (secondary N) is 3. The van der Waals surface area contributed by atoms with Gasteiger partial charge in [0.05, 0.1) is 16.7 Å². The maximum atomic E-state index is 14.2. The number of sulfonamides is 1. The van der Waals surface area contributed by atoms with Gasteiger partial charge in [-0.05, 0) is 71.4 Å². The van der Waals surface area contributed by atoms with E-state index in [1.165, 1.54) is 29.2 Å². The van der Waals surface area contributed by atoms with Crippen LogP contribution in [-0.4, -0.2) is 83.2 Å². The highest BCUT2D eigenvalue weighted by Gasteiger charge is 2.62. The van der Waals surface area contributed by atoms with E-state index >= 15 is 0 Å². The highest BCUT2D eigenvalue weighted by Crippen LogP contribution is 2.46. The van der Waals surface area contributed by atoms with E-state index in [2.05, 4.69) is 15.4 Å². The lowest BCUT2D eigenvalue weighted by Crippen LogP contribution is -2.58. The fraction of sp³-hybridized carbons (Fsp3) is 0.625. The van der Waals surface area contributed by atoms with Crippen molar-refractivity contribution in [2.45, 2.75) is 113 Å². The summed E-state index contributed by atoms with van der Waals surface area (Å²) in [5, 5.41) is 15.9. The number of benzene rings is 1. The lowest BCUT2D eigenvalue weighted by atomic mass is 10.0. The second kappa shape index (κ2) is 13.7. The predicted molar refractivity (Wildman–Crippen MR) is 172 cm³/mol. The third-order valence-corrected chi connectivity index (χ3v) is 10.7. The predicted octanol–water partition coefficient (Wildman–Crippen LogP) is 2.84. The molecule has 4 aliphatic rings. The second-order valence-corrected chi connectivity index (χ2v) is 15.9. The minimum Gasteiger partial charge on any atom is -0.488 e. The molecule has 1 saturated heterocycles. The Morgan fingerprint density at radius 1 is 1.08 bits per heavy atom. The van der Waals surface area contributed by atoms with E-state index in [0.29, 0.717) is 25.7 Å². The number of alkyl carbamates (subject to hydrolysis) is 1. The molecule has 1 unspecified atom stereocenters. The maximum absolute atomic E-state index is 14.2. The Hall–Kier alpha value is -4.21. The molecule has 262 valence electrons. The first-order valence-corrected chi connectivity index (χ1v) is 17.9. The van der Waals surface area contributed by atoms with E-state index < -0.39 is 79.3 Å². The van der Waals surface area contributed by atoms with Crippen molar-refractivity contribution in [3.63, 3.8) is 0 Å². The van der Waals surface area contributed by atoms with Crippen LogP contribution in [0, 0.1) is 16.0 Å². The van der Waals surface area contributed by atoms with Gasteiger partial charge in [0, 0.05) is 24.5 Å². The molecule has 2 heterocycles. The normalized spacial score (nSPS) is 28.8. The van der Waals surface area contributed by atoms with E-state index in [9.17, 15) is 37.7 Å². The number of non-ortho nitro benzene ring substituents is 1. The SMILES string of the molecule is CC(C)(C)OC(=O)N[C@H]1CCCCC/C=C\C2C[C@@]2(C(=O)NS(=O)(=O)C2CC2)NC(=O)[C@@H]2C[C@@H](Oc3ccc([N+](=O)[O-])cc3)CN2C1=O. The molecule has 0 radical (unpaired) electrons. The van der Waals surface area contributed by atoms with Crippen LogP contribution in [0.25, 0.3) is 0 Å². The molecular formula is C32H43N5O10S. The zero-order valence-electron chi connectivity index (χ0n) is 27.3. The maximum Gasteiger partial charge on any atom is 0.408 e. The van der Waals surface area contributed by atoms with Crippen molar-refractivity contribution in [1.82, 2.24) is 20.3 Å². The first kappa shape index (κ1) is 35.1. The van der Waals surface area contributed by atoms with E-state index in [1.54, 1.807) is 20.8 Å². The van der Waals surface area contributed by atoms with E-state index in [1.807, 2.05) is 12.2 Å². The van der Waals surface area contributed by atoms with Crippen LogP contribution in [0.3, 0.4) is 0 Å². The van der Waals surface area contributed by atoms with Gasteiger partial charge in [-0.3, -0.25) is 29.2 Å². The summed E-state index contributed by atoms with van der Waals surface area (Å²) >= 11 is 0. The van der Waals surface area contributed by atoms with Crippen molar-refractivity contribution in [2.75, 3.05) is 6.54 Å². The zero-order valence-corrected chi connectivity index (χ0v) is 28.1. The number of rotatable bonds is 7. The van der Waals surface area contributed by atoms with Crippen LogP contribution >= 0.6 is 0 Å². The minimum atomic E-state index is -3.89. The monoisotopic (exact) mass is 689 g/mol. The van der Waals surface area contributed by atoms with E-state index in [-0.39, 0.29) is 37.2 Å². The summed E-state index contributed by atoms with van der Waals surface area (Å²) in [5.41, 5.74) is -2.47. The van der Waals surface area contributed by atoms with Gasteiger partial charge in [-0.2, -0.15) is 0 Å². The van der Waals surface area contributed by atoms with Crippen molar-refractivity contribution in [3.8, 4) is 5.75 Å². The molecular weight excluding hydrogens is 646 g/mol. The molecule has 0 aromatic heterocycles. The van der Waals surface area contributed by atoms with Gasteiger partial charge in [-0.15, -0.1) is 0 Å². The summed E-state index contributed by atoms with van der Waals surface area (Å²) < 4.78 is 39.0. The molecule has 5 rings (SSSR count). The quantitative estimate of drug-likeness (QED) is 0.217. The lowest BCUT2D eigenvalue weighted by molar-refractivity contribution is -0.384. The molecule has 4 amide bonds. The molecule has 1 aromatic rings. The van der Waals surface area contributed by atoms with Gasteiger partial charge < -0.3 is 25.0 Å². The van der Waals surface area contributed by atoms with Crippen LogP contribution in [0.5, 0.6) is 5.75 Å². The Kier molecular flexibility index (Phi) is 10.0. The summed E-state index contributed by atoms with van der Waals surface area (Å²) in [6.45, 7) is 5.05. The molecule has 1 aromatic carbocycles. The van der Waals surface area contributed by atoms with Crippen LogP contribution < -0.4 is 20.1 Å². The summed E-state index contributed by atoms with van der Waals surface area (Å²) in [7, 11) is -3.89. The number of fused-ring (bicyclic) bond motifs is 2. The van der Waals surface area contributed by atoms with Gasteiger partial charge in [0.2, 0.25) is 21.8 Å². The second-order valence-electron chi connectivity index (χ2n) is 13.9. The van der Waals surface area contributed by atoms with Crippen LogP contribution in [0.4, 0.5) is 10.5 Å². The standard InChI is InChI=1S/C32H43N5O10S/c1-31(2,3)47-30(41)33-25-10-8-6-4-5-7-9-20-18-32(20,29(40)35-48(44,45)24-15-16-24)34-27(38)26-17-23(19-36(26)28(25)39)46-22-13-11-21(12-14-22)37(42)43/h7,9,11-14,20,23-26H,4-6,8,10,15-19H2,1-3H3,(H,33,41)(H,34,38)(H,35,40)/b9-7-/t20?,23-,25+,26+,32-/m1/s1. The smallest absolute Gasteiger partial charge is 0.408 e. The average molecular weight is 690 g/mol. The third kappa shape index (κ3) is 8.44. The number of nitrogens with zero attached hydrogens (tertiary/aromatic N) is 2. The molecule has 3 fully saturated rings. The van der Waals surface area contributed by atoms with E-state index in [4.69, 9.17) is 9.47 Å². The number of allylic oxidation sites excluding steroid dienone is 1. The van der Waals surface area contributed by atoms with Gasteiger partial charge in [0.1, 0.15) is 35.1 Å².